The highest BCUT2D eigenvalue weighted by atomic mass is 79.9. The van der Waals surface area contributed by atoms with Gasteiger partial charge in [0.05, 0.1) is 5.69 Å². The largest absolute Gasteiger partial charge is 0.369 e. The van der Waals surface area contributed by atoms with Crippen LogP contribution in [0, 0.1) is 0 Å². The maximum Gasteiger partial charge on any atom is 0.0543 e. The molecule has 0 radical (unpaired) electrons. The highest BCUT2D eigenvalue weighted by Gasteiger charge is 2.17. The van der Waals surface area contributed by atoms with Crippen molar-refractivity contribution >= 4 is 21.6 Å². The van der Waals surface area contributed by atoms with E-state index in [0.29, 0.717) is 0 Å². The molecule has 14 heavy (non-hydrogen) atoms. The molecule has 3 heteroatoms. The number of nitrogens with zero attached hydrogens (tertiary/aromatic N) is 1. The third kappa shape index (κ3) is 1.79. The molecule has 1 aromatic rings. The van der Waals surface area contributed by atoms with Gasteiger partial charge in [0, 0.05) is 24.1 Å². The Bertz CT molecular complexity index is 325. The molecule has 1 aliphatic rings. The summed E-state index contributed by atoms with van der Waals surface area (Å²) in [6.07, 6.45) is 2.43. The lowest BCUT2D eigenvalue weighted by molar-refractivity contribution is 0.690. The van der Waals surface area contributed by atoms with E-state index >= 15 is 0 Å². The van der Waals surface area contributed by atoms with Crippen LogP contribution in [0.2, 0.25) is 0 Å². The normalized spacial score (nSPS) is 15.4. The number of hydrogen-bond donors (Lipinski definition) is 1. The van der Waals surface area contributed by atoms with Crippen LogP contribution in [-0.4, -0.2) is 19.6 Å². The van der Waals surface area contributed by atoms with Gasteiger partial charge in [-0.2, -0.15) is 0 Å². The molecular formula is C11H15BrN2. The zero-order valence-electron chi connectivity index (χ0n) is 8.17. The minimum atomic E-state index is 0.723. The standard InChI is InChI=1S/C11H15BrN2/c12-10-5-1-3-9-4-2-7-14(8-6-13)11(9)10/h1,3,5H,2,4,6-8,13H2. The van der Waals surface area contributed by atoms with Crippen molar-refractivity contribution < 1.29 is 0 Å². The van der Waals surface area contributed by atoms with Gasteiger partial charge in [-0.15, -0.1) is 0 Å². The fourth-order valence-electron chi connectivity index (χ4n) is 2.07. The molecule has 1 aromatic carbocycles. The lowest BCUT2D eigenvalue weighted by Crippen LogP contribution is -2.34. The lowest BCUT2D eigenvalue weighted by Gasteiger charge is -2.31. The average Bonchev–Trinajstić information content (AvgIpc) is 2.19. The molecule has 1 aliphatic heterocycles. The maximum atomic E-state index is 5.61. The molecule has 0 saturated heterocycles. The van der Waals surface area contributed by atoms with Gasteiger partial charge in [0.2, 0.25) is 0 Å². The SMILES string of the molecule is NCCN1CCCc2cccc(Br)c21. The summed E-state index contributed by atoms with van der Waals surface area (Å²) in [5, 5.41) is 0. The highest BCUT2D eigenvalue weighted by molar-refractivity contribution is 9.10. The summed E-state index contributed by atoms with van der Waals surface area (Å²) in [6.45, 7) is 2.81. The first kappa shape index (κ1) is 9.99. The first-order valence-corrected chi connectivity index (χ1v) is 5.84. The van der Waals surface area contributed by atoms with Crippen molar-refractivity contribution in [3.63, 3.8) is 0 Å². The van der Waals surface area contributed by atoms with Gasteiger partial charge in [-0.3, -0.25) is 0 Å². The Hall–Kier alpha value is -0.540. The maximum absolute atomic E-state index is 5.61. The monoisotopic (exact) mass is 254 g/mol. The van der Waals surface area contributed by atoms with Gasteiger partial charge in [0.15, 0.2) is 0 Å². The molecule has 0 atom stereocenters. The first-order valence-electron chi connectivity index (χ1n) is 5.05. The van der Waals surface area contributed by atoms with Gasteiger partial charge in [0.1, 0.15) is 0 Å². The fraction of sp³-hybridized carbons (Fsp3) is 0.455. The van der Waals surface area contributed by atoms with Crippen molar-refractivity contribution in [1.29, 1.82) is 0 Å². The van der Waals surface area contributed by atoms with Gasteiger partial charge < -0.3 is 10.6 Å². The van der Waals surface area contributed by atoms with E-state index < -0.39 is 0 Å². The van der Waals surface area contributed by atoms with Crippen LogP contribution < -0.4 is 10.6 Å². The molecule has 0 saturated carbocycles. The van der Waals surface area contributed by atoms with Crippen molar-refractivity contribution in [3.05, 3.63) is 28.2 Å². The molecule has 0 aromatic heterocycles. The molecule has 0 aliphatic carbocycles. The van der Waals surface area contributed by atoms with Gasteiger partial charge in [-0.05, 0) is 40.4 Å². The molecule has 76 valence electrons. The van der Waals surface area contributed by atoms with Crippen LogP contribution in [0.4, 0.5) is 5.69 Å². The first-order chi connectivity index (χ1) is 6.83. The van der Waals surface area contributed by atoms with E-state index in [9.17, 15) is 0 Å². The van der Waals surface area contributed by atoms with Crippen molar-refractivity contribution in [2.45, 2.75) is 12.8 Å². The van der Waals surface area contributed by atoms with E-state index in [-0.39, 0.29) is 0 Å². The quantitative estimate of drug-likeness (QED) is 0.877. The predicted molar refractivity (Wildman–Crippen MR) is 63.7 cm³/mol. The molecular weight excluding hydrogens is 240 g/mol. The summed E-state index contributed by atoms with van der Waals surface area (Å²) < 4.78 is 1.20. The summed E-state index contributed by atoms with van der Waals surface area (Å²) >= 11 is 3.61. The summed E-state index contributed by atoms with van der Waals surface area (Å²) in [7, 11) is 0. The Kier molecular flexibility index (Phi) is 3.08. The van der Waals surface area contributed by atoms with Crippen molar-refractivity contribution in [1.82, 2.24) is 0 Å². The molecule has 2 N–H and O–H groups in total. The predicted octanol–water partition coefficient (Wildman–Crippen LogP) is 2.16. The summed E-state index contributed by atoms with van der Waals surface area (Å²) in [6, 6.07) is 6.42. The molecule has 0 fully saturated rings. The highest BCUT2D eigenvalue weighted by Crippen LogP contribution is 2.33. The molecule has 0 spiro atoms. The van der Waals surface area contributed by atoms with E-state index in [0.717, 1.165) is 19.6 Å². The average molecular weight is 255 g/mol. The van der Waals surface area contributed by atoms with E-state index in [1.54, 1.807) is 0 Å². The Balaban J connectivity index is 2.36. The van der Waals surface area contributed by atoms with Crippen LogP contribution in [0.3, 0.4) is 0 Å². The Morgan fingerprint density at radius 1 is 1.43 bits per heavy atom. The second-order valence-corrected chi connectivity index (χ2v) is 4.48. The van der Waals surface area contributed by atoms with Crippen LogP contribution in [0.15, 0.2) is 22.7 Å². The number of anilines is 1. The lowest BCUT2D eigenvalue weighted by atomic mass is 10.0. The van der Waals surface area contributed by atoms with E-state index in [1.807, 2.05) is 0 Å². The number of benzene rings is 1. The number of nitrogens with two attached hydrogens (primary N) is 1. The van der Waals surface area contributed by atoms with Gasteiger partial charge in [-0.25, -0.2) is 0 Å². The second-order valence-electron chi connectivity index (χ2n) is 3.63. The van der Waals surface area contributed by atoms with Gasteiger partial charge in [0.25, 0.3) is 0 Å². The third-order valence-corrected chi connectivity index (χ3v) is 3.30. The van der Waals surface area contributed by atoms with E-state index in [4.69, 9.17) is 5.73 Å². The Labute approximate surface area is 93.2 Å². The van der Waals surface area contributed by atoms with Crippen molar-refractivity contribution in [2.75, 3.05) is 24.5 Å². The molecule has 2 nitrogen and oxygen atoms in total. The van der Waals surface area contributed by atoms with Crippen molar-refractivity contribution in [2.24, 2.45) is 5.73 Å². The third-order valence-electron chi connectivity index (χ3n) is 2.66. The number of hydrogen-bond acceptors (Lipinski definition) is 2. The number of fused-ring (bicyclic) bond motifs is 1. The van der Waals surface area contributed by atoms with Crippen LogP contribution in [0.5, 0.6) is 0 Å². The molecule has 1 heterocycles. The zero-order valence-corrected chi connectivity index (χ0v) is 9.76. The Morgan fingerprint density at radius 3 is 3.07 bits per heavy atom. The summed E-state index contributed by atoms with van der Waals surface area (Å²) in [5.41, 5.74) is 8.40. The van der Waals surface area contributed by atoms with Crippen LogP contribution >= 0.6 is 15.9 Å². The Morgan fingerprint density at radius 2 is 2.29 bits per heavy atom. The molecule has 0 bridgehead atoms. The smallest absolute Gasteiger partial charge is 0.0543 e. The van der Waals surface area contributed by atoms with E-state index in [2.05, 4.69) is 39.0 Å². The topological polar surface area (TPSA) is 29.3 Å². The minimum absolute atomic E-state index is 0.723. The molecule has 0 amide bonds. The minimum Gasteiger partial charge on any atom is -0.369 e. The molecule has 2 rings (SSSR count). The van der Waals surface area contributed by atoms with Crippen LogP contribution in [0.1, 0.15) is 12.0 Å². The van der Waals surface area contributed by atoms with Crippen LogP contribution in [-0.2, 0) is 6.42 Å². The number of rotatable bonds is 2. The summed E-state index contributed by atoms with van der Waals surface area (Å²) in [5.74, 6) is 0. The van der Waals surface area contributed by atoms with Crippen LogP contribution in [0.25, 0.3) is 0 Å². The number of para-hydroxylation sites is 1. The van der Waals surface area contributed by atoms with E-state index in [1.165, 1.54) is 28.6 Å². The van der Waals surface area contributed by atoms with Gasteiger partial charge >= 0.3 is 0 Å². The summed E-state index contributed by atoms with van der Waals surface area (Å²) in [4.78, 5) is 2.38. The van der Waals surface area contributed by atoms with Gasteiger partial charge in [-0.1, -0.05) is 12.1 Å². The number of aryl methyl sites for hydroxylation is 1. The number of halogens is 1. The second kappa shape index (κ2) is 4.32. The molecule has 0 unspecified atom stereocenters. The fourth-order valence-corrected chi connectivity index (χ4v) is 2.73. The van der Waals surface area contributed by atoms with Crippen molar-refractivity contribution in [3.8, 4) is 0 Å². The zero-order chi connectivity index (χ0) is 9.97.